The number of hydrogen-bond donors (Lipinski definition) is 0. The number of fused-ring (bicyclic) bond motifs is 1. The molecule has 0 fully saturated rings. The van der Waals surface area contributed by atoms with Crippen LogP contribution in [-0.2, 0) is 17.1 Å². The molecule has 0 saturated carbocycles. The summed E-state index contributed by atoms with van der Waals surface area (Å²) in [7, 11) is 1.83. The van der Waals surface area contributed by atoms with Crippen molar-refractivity contribution in [3.8, 4) is 0 Å². The van der Waals surface area contributed by atoms with Gasteiger partial charge < -0.3 is 9.47 Å². The summed E-state index contributed by atoms with van der Waals surface area (Å²) in [5, 5.41) is 0.679. The van der Waals surface area contributed by atoms with E-state index in [4.69, 9.17) is 11.6 Å². The zero-order valence-electron chi connectivity index (χ0n) is 15.1. The van der Waals surface area contributed by atoms with E-state index in [0.717, 1.165) is 28.2 Å². The molecule has 0 aliphatic heterocycles. The average Bonchev–Trinajstić information content (AvgIpc) is 2.98. The molecule has 0 N–H and O–H groups in total. The third-order valence-corrected chi connectivity index (χ3v) is 5.39. The molecule has 1 atom stereocenters. The highest BCUT2D eigenvalue weighted by molar-refractivity contribution is 7.97. The Balaban J connectivity index is 1.85. The van der Waals surface area contributed by atoms with Gasteiger partial charge in [0.15, 0.2) is 0 Å². The smallest absolute Gasteiger partial charge is 0.242 e. The van der Waals surface area contributed by atoms with Gasteiger partial charge in [-0.05, 0) is 43.0 Å². The number of para-hydroxylation sites is 2. The second kappa shape index (κ2) is 8.14. The number of imidazole rings is 1. The molecule has 0 aliphatic carbocycles. The first-order valence-corrected chi connectivity index (χ1v) is 10.2. The van der Waals surface area contributed by atoms with Gasteiger partial charge in [-0.2, -0.15) is 11.8 Å². The van der Waals surface area contributed by atoms with E-state index >= 15 is 0 Å². The highest BCUT2D eigenvalue weighted by atomic mass is 35.5. The number of rotatable bonds is 6. The third-order valence-electron chi connectivity index (χ3n) is 4.61. The molecular weight excluding hydrogens is 366 g/mol. The fraction of sp³-hybridized carbons (Fsp3) is 0.300. The number of carbonyl (C=O) groups is 1. The monoisotopic (exact) mass is 387 g/mol. The van der Waals surface area contributed by atoms with E-state index in [0.29, 0.717) is 5.02 Å². The highest BCUT2D eigenvalue weighted by Crippen LogP contribution is 2.24. The Morgan fingerprint density at radius 2 is 2.04 bits per heavy atom. The maximum Gasteiger partial charge on any atom is 0.242 e. The van der Waals surface area contributed by atoms with Crippen LogP contribution < -0.4 is 0 Å². The normalized spacial score (nSPS) is 12.3. The SMILES string of the molecule is CSCc1nc2ccccc2n1CC(=O)N(C)C(C)c1cccc(Cl)c1. The van der Waals surface area contributed by atoms with Crippen molar-refractivity contribution < 1.29 is 4.79 Å². The van der Waals surface area contributed by atoms with Crippen LogP contribution in [0.1, 0.15) is 24.4 Å². The van der Waals surface area contributed by atoms with Crippen LogP contribution in [0.2, 0.25) is 5.02 Å². The van der Waals surface area contributed by atoms with Gasteiger partial charge in [0.1, 0.15) is 12.4 Å². The molecule has 2 aromatic carbocycles. The molecule has 3 rings (SSSR count). The minimum atomic E-state index is -0.0556. The summed E-state index contributed by atoms with van der Waals surface area (Å²) >= 11 is 7.79. The van der Waals surface area contributed by atoms with E-state index in [2.05, 4.69) is 4.98 Å². The fourth-order valence-electron chi connectivity index (χ4n) is 2.99. The van der Waals surface area contributed by atoms with Crippen molar-refractivity contribution in [2.75, 3.05) is 13.3 Å². The number of hydrogen-bond acceptors (Lipinski definition) is 3. The number of benzene rings is 2. The molecule has 0 aliphatic rings. The van der Waals surface area contributed by atoms with Crippen molar-refractivity contribution in [3.63, 3.8) is 0 Å². The van der Waals surface area contributed by atoms with Gasteiger partial charge in [-0.3, -0.25) is 4.79 Å². The molecule has 1 aromatic heterocycles. The molecule has 3 aromatic rings. The van der Waals surface area contributed by atoms with E-state index < -0.39 is 0 Å². The third kappa shape index (κ3) is 3.89. The van der Waals surface area contributed by atoms with Gasteiger partial charge >= 0.3 is 0 Å². The Morgan fingerprint density at radius 1 is 1.27 bits per heavy atom. The quantitative estimate of drug-likeness (QED) is 0.611. The number of halogens is 1. The Bertz CT molecular complexity index is 924. The van der Waals surface area contributed by atoms with Crippen LogP contribution in [0.3, 0.4) is 0 Å². The minimum absolute atomic E-state index is 0.0444. The molecule has 1 amide bonds. The van der Waals surface area contributed by atoms with Crippen LogP contribution in [0.15, 0.2) is 48.5 Å². The molecule has 0 bridgehead atoms. The van der Waals surface area contributed by atoms with Crippen LogP contribution in [0, 0.1) is 0 Å². The number of amides is 1. The molecule has 0 saturated heterocycles. The van der Waals surface area contributed by atoms with Crippen LogP contribution in [0.4, 0.5) is 0 Å². The van der Waals surface area contributed by atoms with Gasteiger partial charge in [0.2, 0.25) is 5.91 Å². The van der Waals surface area contributed by atoms with Gasteiger partial charge in [0.25, 0.3) is 0 Å². The van der Waals surface area contributed by atoms with Crippen molar-refractivity contribution in [2.45, 2.75) is 25.3 Å². The largest absolute Gasteiger partial charge is 0.337 e. The predicted molar refractivity (Wildman–Crippen MR) is 110 cm³/mol. The summed E-state index contributed by atoms with van der Waals surface area (Å²) in [4.78, 5) is 19.4. The summed E-state index contributed by atoms with van der Waals surface area (Å²) in [5.41, 5.74) is 2.94. The first-order valence-electron chi connectivity index (χ1n) is 8.45. The molecule has 136 valence electrons. The number of nitrogens with zero attached hydrogens (tertiary/aromatic N) is 3. The van der Waals surface area contributed by atoms with Gasteiger partial charge in [-0.1, -0.05) is 35.9 Å². The Kier molecular flexibility index (Phi) is 5.89. The van der Waals surface area contributed by atoms with Gasteiger partial charge in [-0.25, -0.2) is 4.98 Å². The average molecular weight is 388 g/mol. The lowest BCUT2D eigenvalue weighted by Crippen LogP contribution is -2.33. The van der Waals surface area contributed by atoms with E-state index in [9.17, 15) is 4.79 Å². The summed E-state index contributed by atoms with van der Waals surface area (Å²) in [6.45, 7) is 2.29. The van der Waals surface area contributed by atoms with E-state index in [1.807, 2.05) is 73.3 Å². The second-order valence-corrected chi connectivity index (χ2v) is 7.57. The standard InChI is InChI=1S/C20H22ClN3OS/c1-14(15-7-6-8-16(21)11-15)23(2)20(25)12-24-18-10-5-4-9-17(18)22-19(24)13-26-3/h4-11,14H,12-13H2,1-3H3. The Hall–Kier alpha value is -1.98. The maximum absolute atomic E-state index is 12.9. The summed E-state index contributed by atoms with van der Waals surface area (Å²) in [6.07, 6.45) is 2.04. The maximum atomic E-state index is 12.9. The van der Waals surface area contributed by atoms with Crippen LogP contribution in [0.5, 0.6) is 0 Å². The lowest BCUT2D eigenvalue weighted by molar-refractivity contribution is -0.132. The van der Waals surface area contributed by atoms with E-state index in [1.165, 1.54) is 0 Å². The van der Waals surface area contributed by atoms with Crippen LogP contribution >= 0.6 is 23.4 Å². The van der Waals surface area contributed by atoms with Crippen LogP contribution in [0.25, 0.3) is 11.0 Å². The summed E-state index contributed by atoms with van der Waals surface area (Å²) in [6, 6.07) is 15.5. The van der Waals surface area contributed by atoms with Crippen LogP contribution in [-0.4, -0.2) is 33.7 Å². The van der Waals surface area contributed by atoms with E-state index in [1.54, 1.807) is 16.7 Å². The zero-order chi connectivity index (χ0) is 18.7. The number of likely N-dealkylation sites (N-methyl/N-ethyl adjacent to an activating group) is 1. The van der Waals surface area contributed by atoms with Gasteiger partial charge in [0, 0.05) is 12.1 Å². The van der Waals surface area contributed by atoms with Crippen molar-refractivity contribution in [1.82, 2.24) is 14.5 Å². The first-order chi connectivity index (χ1) is 12.5. The molecule has 4 nitrogen and oxygen atoms in total. The Morgan fingerprint density at radius 3 is 2.77 bits per heavy atom. The zero-order valence-corrected chi connectivity index (χ0v) is 16.7. The van der Waals surface area contributed by atoms with Crippen molar-refractivity contribution in [1.29, 1.82) is 0 Å². The number of aromatic nitrogens is 2. The number of carbonyl (C=O) groups excluding carboxylic acids is 1. The molecular formula is C20H22ClN3OS. The summed E-state index contributed by atoms with van der Waals surface area (Å²) < 4.78 is 2.02. The molecule has 1 unspecified atom stereocenters. The molecule has 6 heteroatoms. The highest BCUT2D eigenvalue weighted by Gasteiger charge is 2.20. The second-order valence-electron chi connectivity index (χ2n) is 6.27. The molecule has 0 spiro atoms. The molecule has 26 heavy (non-hydrogen) atoms. The minimum Gasteiger partial charge on any atom is -0.337 e. The van der Waals surface area contributed by atoms with E-state index in [-0.39, 0.29) is 18.5 Å². The van der Waals surface area contributed by atoms with Crippen molar-refractivity contribution >= 4 is 40.3 Å². The fourth-order valence-corrected chi connectivity index (χ4v) is 3.67. The molecule has 0 radical (unpaired) electrons. The predicted octanol–water partition coefficient (Wildman–Crippen LogP) is 4.77. The summed E-state index contributed by atoms with van der Waals surface area (Å²) in [5.74, 6) is 1.74. The van der Waals surface area contributed by atoms with Crippen molar-refractivity contribution in [2.24, 2.45) is 0 Å². The van der Waals surface area contributed by atoms with Gasteiger partial charge in [0.05, 0.1) is 22.8 Å². The Labute approximate surface area is 163 Å². The first kappa shape index (κ1) is 18.8. The topological polar surface area (TPSA) is 38.1 Å². The number of thioether (sulfide) groups is 1. The lowest BCUT2D eigenvalue weighted by Gasteiger charge is -2.26. The lowest BCUT2D eigenvalue weighted by atomic mass is 10.1. The van der Waals surface area contributed by atoms with Crippen molar-refractivity contribution in [3.05, 3.63) is 64.9 Å². The van der Waals surface area contributed by atoms with Gasteiger partial charge in [-0.15, -0.1) is 0 Å². The molecule has 1 heterocycles.